The van der Waals surface area contributed by atoms with Gasteiger partial charge in [-0.1, -0.05) is 22.9 Å². The van der Waals surface area contributed by atoms with Gasteiger partial charge in [-0.15, -0.1) is 0 Å². The minimum Gasteiger partial charge on any atom is -0.488 e. The minimum atomic E-state index is 0.297. The Morgan fingerprint density at radius 1 is 1.47 bits per heavy atom. The SMILES string of the molecule is CC1CN(CC2Cc3cc(Br)ccc3O2)CCC1N. The standard InChI is InChI=1S/C15H21BrN2O/c1-10-8-18(5-4-14(10)17)9-13-7-11-6-12(16)2-3-15(11)19-13/h2-3,6,10,13-14H,4-5,7-9,17H2,1H3. The molecule has 3 atom stereocenters. The molecule has 3 unspecified atom stereocenters. The van der Waals surface area contributed by atoms with Crippen molar-refractivity contribution in [2.45, 2.75) is 31.9 Å². The van der Waals surface area contributed by atoms with Crippen molar-refractivity contribution < 1.29 is 4.74 Å². The molecular weight excluding hydrogens is 304 g/mol. The van der Waals surface area contributed by atoms with Gasteiger partial charge in [-0.25, -0.2) is 0 Å². The van der Waals surface area contributed by atoms with Crippen LogP contribution in [0, 0.1) is 5.92 Å². The van der Waals surface area contributed by atoms with Crippen molar-refractivity contribution >= 4 is 15.9 Å². The molecule has 2 aliphatic rings. The Bertz CT molecular complexity index is 465. The quantitative estimate of drug-likeness (QED) is 0.908. The third-order valence-corrected chi connectivity index (χ3v) is 4.77. The van der Waals surface area contributed by atoms with E-state index in [-0.39, 0.29) is 0 Å². The zero-order valence-electron chi connectivity index (χ0n) is 11.3. The smallest absolute Gasteiger partial charge is 0.123 e. The van der Waals surface area contributed by atoms with Crippen molar-refractivity contribution in [1.82, 2.24) is 4.90 Å². The highest BCUT2D eigenvalue weighted by Gasteiger charge is 2.28. The molecule has 0 amide bonds. The lowest BCUT2D eigenvalue weighted by Crippen LogP contribution is -2.48. The van der Waals surface area contributed by atoms with Crippen LogP contribution in [0.25, 0.3) is 0 Å². The fourth-order valence-electron chi connectivity index (χ4n) is 3.09. The largest absolute Gasteiger partial charge is 0.488 e. The third-order valence-electron chi connectivity index (χ3n) is 4.28. The molecule has 2 aliphatic heterocycles. The van der Waals surface area contributed by atoms with Gasteiger partial charge in [0.05, 0.1) is 0 Å². The van der Waals surface area contributed by atoms with Crippen LogP contribution in [0.15, 0.2) is 22.7 Å². The van der Waals surface area contributed by atoms with E-state index in [0.29, 0.717) is 18.1 Å². The Morgan fingerprint density at radius 2 is 2.32 bits per heavy atom. The number of fused-ring (bicyclic) bond motifs is 1. The average molecular weight is 325 g/mol. The molecule has 0 saturated carbocycles. The lowest BCUT2D eigenvalue weighted by Gasteiger charge is -2.36. The van der Waals surface area contributed by atoms with Gasteiger partial charge in [-0.2, -0.15) is 0 Å². The summed E-state index contributed by atoms with van der Waals surface area (Å²) in [5, 5.41) is 0. The molecule has 3 rings (SSSR count). The van der Waals surface area contributed by atoms with Gasteiger partial charge in [0.2, 0.25) is 0 Å². The third kappa shape index (κ3) is 2.96. The van der Waals surface area contributed by atoms with E-state index in [1.54, 1.807) is 0 Å². The maximum atomic E-state index is 6.07. The maximum Gasteiger partial charge on any atom is 0.123 e. The van der Waals surface area contributed by atoms with Crippen LogP contribution in [-0.2, 0) is 6.42 Å². The molecular formula is C15H21BrN2O. The molecule has 1 aromatic rings. The second-order valence-corrected chi connectivity index (χ2v) is 6.80. The first kappa shape index (κ1) is 13.4. The van der Waals surface area contributed by atoms with Crippen molar-refractivity contribution in [3.05, 3.63) is 28.2 Å². The second-order valence-electron chi connectivity index (χ2n) is 5.89. The van der Waals surface area contributed by atoms with E-state index in [0.717, 1.165) is 42.7 Å². The van der Waals surface area contributed by atoms with Gasteiger partial charge in [0, 0.05) is 30.0 Å². The van der Waals surface area contributed by atoms with E-state index < -0.39 is 0 Å². The van der Waals surface area contributed by atoms with Crippen molar-refractivity contribution in [1.29, 1.82) is 0 Å². The normalized spacial score (nSPS) is 31.0. The number of likely N-dealkylation sites (tertiary alicyclic amines) is 1. The molecule has 3 nitrogen and oxygen atoms in total. The number of hydrogen-bond donors (Lipinski definition) is 1. The van der Waals surface area contributed by atoms with Gasteiger partial charge < -0.3 is 10.5 Å². The fourth-order valence-corrected chi connectivity index (χ4v) is 3.50. The van der Waals surface area contributed by atoms with Crippen LogP contribution in [-0.4, -0.2) is 36.7 Å². The number of halogens is 1. The van der Waals surface area contributed by atoms with E-state index in [1.807, 2.05) is 6.07 Å². The molecule has 2 heterocycles. The zero-order valence-corrected chi connectivity index (χ0v) is 12.9. The first-order chi connectivity index (χ1) is 9.11. The van der Waals surface area contributed by atoms with Crippen LogP contribution in [0.3, 0.4) is 0 Å². The topological polar surface area (TPSA) is 38.5 Å². The highest BCUT2D eigenvalue weighted by atomic mass is 79.9. The predicted molar refractivity (Wildman–Crippen MR) is 80.5 cm³/mol. The predicted octanol–water partition coefficient (Wildman–Crippen LogP) is 2.42. The molecule has 0 aliphatic carbocycles. The number of nitrogens with two attached hydrogens (primary N) is 1. The number of nitrogens with zero attached hydrogens (tertiary/aromatic N) is 1. The van der Waals surface area contributed by atoms with Crippen LogP contribution in [0.1, 0.15) is 18.9 Å². The molecule has 2 N–H and O–H groups in total. The molecule has 4 heteroatoms. The summed E-state index contributed by atoms with van der Waals surface area (Å²) < 4.78 is 7.17. The van der Waals surface area contributed by atoms with Crippen molar-refractivity contribution in [2.75, 3.05) is 19.6 Å². The lowest BCUT2D eigenvalue weighted by atomic mass is 9.94. The Morgan fingerprint density at radius 3 is 3.11 bits per heavy atom. The highest BCUT2D eigenvalue weighted by molar-refractivity contribution is 9.10. The molecule has 19 heavy (non-hydrogen) atoms. The first-order valence-electron chi connectivity index (χ1n) is 7.05. The average Bonchev–Trinajstić information content (AvgIpc) is 2.75. The summed E-state index contributed by atoms with van der Waals surface area (Å²) in [6, 6.07) is 6.65. The van der Waals surface area contributed by atoms with Gasteiger partial charge in [-0.05, 0) is 42.6 Å². The first-order valence-corrected chi connectivity index (χ1v) is 7.84. The minimum absolute atomic E-state index is 0.297. The summed E-state index contributed by atoms with van der Waals surface area (Å²) in [4.78, 5) is 2.50. The highest BCUT2D eigenvalue weighted by Crippen LogP contribution is 2.31. The van der Waals surface area contributed by atoms with Crippen LogP contribution in [0.2, 0.25) is 0 Å². The molecule has 0 radical (unpaired) electrons. The van der Waals surface area contributed by atoms with Crippen LogP contribution in [0.5, 0.6) is 5.75 Å². The number of ether oxygens (including phenoxy) is 1. The summed E-state index contributed by atoms with van der Waals surface area (Å²) in [5.41, 5.74) is 7.39. The summed E-state index contributed by atoms with van der Waals surface area (Å²) in [5.74, 6) is 1.64. The van der Waals surface area contributed by atoms with Crippen LogP contribution >= 0.6 is 15.9 Å². The molecule has 1 aromatic carbocycles. The van der Waals surface area contributed by atoms with E-state index in [9.17, 15) is 0 Å². The number of hydrogen-bond acceptors (Lipinski definition) is 3. The van der Waals surface area contributed by atoms with Gasteiger partial charge in [0.1, 0.15) is 11.9 Å². The van der Waals surface area contributed by atoms with E-state index in [1.165, 1.54) is 5.56 Å². The summed E-state index contributed by atoms with van der Waals surface area (Å²) in [6.45, 7) is 5.47. The van der Waals surface area contributed by atoms with E-state index >= 15 is 0 Å². The van der Waals surface area contributed by atoms with Crippen molar-refractivity contribution in [2.24, 2.45) is 11.7 Å². The molecule has 0 bridgehead atoms. The summed E-state index contributed by atoms with van der Waals surface area (Å²) in [6.07, 6.45) is 2.42. The second kappa shape index (κ2) is 5.43. The number of benzene rings is 1. The summed E-state index contributed by atoms with van der Waals surface area (Å²) >= 11 is 3.52. The van der Waals surface area contributed by atoms with Crippen LogP contribution < -0.4 is 10.5 Å². The Balaban J connectivity index is 1.59. The van der Waals surface area contributed by atoms with Gasteiger partial charge in [-0.3, -0.25) is 4.90 Å². The zero-order chi connectivity index (χ0) is 13.4. The monoisotopic (exact) mass is 324 g/mol. The van der Waals surface area contributed by atoms with Crippen molar-refractivity contribution in [3.8, 4) is 5.75 Å². The molecule has 0 spiro atoms. The van der Waals surface area contributed by atoms with Gasteiger partial charge >= 0.3 is 0 Å². The fraction of sp³-hybridized carbons (Fsp3) is 0.600. The molecule has 1 saturated heterocycles. The number of rotatable bonds is 2. The van der Waals surface area contributed by atoms with E-state index in [2.05, 4.69) is 39.9 Å². The van der Waals surface area contributed by atoms with Gasteiger partial charge in [0.25, 0.3) is 0 Å². The van der Waals surface area contributed by atoms with Crippen LogP contribution in [0.4, 0.5) is 0 Å². The van der Waals surface area contributed by atoms with E-state index in [4.69, 9.17) is 10.5 Å². The molecule has 104 valence electrons. The molecule has 1 fully saturated rings. The maximum absolute atomic E-state index is 6.07. The van der Waals surface area contributed by atoms with Gasteiger partial charge in [0.15, 0.2) is 0 Å². The molecule has 0 aromatic heterocycles. The lowest BCUT2D eigenvalue weighted by molar-refractivity contribution is 0.106. The Labute approximate surface area is 123 Å². The van der Waals surface area contributed by atoms with Crippen molar-refractivity contribution in [3.63, 3.8) is 0 Å². The Hall–Kier alpha value is -0.580. The summed E-state index contributed by atoms with van der Waals surface area (Å²) in [7, 11) is 0. The number of piperidine rings is 1. The Kier molecular flexibility index (Phi) is 3.83.